The van der Waals surface area contributed by atoms with Gasteiger partial charge in [-0.3, -0.25) is 4.79 Å². The third-order valence-corrected chi connectivity index (χ3v) is 16.2. The van der Waals surface area contributed by atoms with Crippen LogP contribution in [-0.4, -0.2) is 87.5 Å². The average Bonchev–Trinajstić information content (AvgIpc) is 3.57. The van der Waals surface area contributed by atoms with E-state index in [9.17, 15) is 30.3 Å². The van der Waals surface area contributed by atoms with Gasteiger partial charge in [-0.1, -0.05) is 317 Å². The van der Waals surface area contributed by atoms with Crippen molar-refractivity contribution < 1.29 is 39.8 Å². The molecular formula is C73H131NO8. The molecule has 1 aliphatic heterocycles. The largest absolute Gasteiger partial charge is 0.394 e. The van der Waals surface area contributed by atoms with Gasteiger partial charge in [-0.15, -0.1) is 0 Å². The Morgan fingerprint density at radius 3 is 1.17 bits per heavy atom. The van der Waals surface area contributed by atoms with Gasteiger partial charge in [0.05, 0.1) is 25.4 Å². The van der Waals surface area contributed by atoms with Gasteiger partial charge in [-0.25, -0.2) is 0 Å². The van der Waals surface area contributed by atoms with E-state index in [2.05, 4.69) is 92.1 Å². The maximum atomic E-state index is 13.1. The zero-order valence-electron chi connectivity index (χ0n) is 53.2. The average molecular weight is 1150 g/mol. The maximum absolute atomic E-state index is 13.1. The fraction of sp³-hybridized carbons (Fsp3) is 0.795. The van der Waals surface area contributed by atoms with E-state index in [1.54, 1.807) is 6.08 Å². The summed E-state index contributed by atoms with van der Waals surface area (Å²) in [5, 5.41) is 54.7. The quantitative estimate of drug-likeness (QED) is 0.0261. The van der Waals surface area contributed by atoms with E-state index < -0.39 is 49.5 Å². The number of hydrogen-bond acceptors (Lipinski definition) is 8. The SMILES string of the molecule is CC/C=C\C/C=C\C/C=C\C/C=C\C/C=C\CCCCCCCCCCCCCCCCCCCC(=O)NC(COC1OC(CO)C(O)C(O)C1O)C(O)/C=C/CC/C=C/CCCCCCCCCCCCCCCCCCCCCC. The van der Waals surface area contributed by atoms with E-state index in [-0.39, 0.29) is 12.5 Å². The highest BCUT2D eigenvalue weighted by Gasteiger charge is 2.44. The minimum atomic E-state index is -1.58. The molecule has 1 amide bonds. The van der Waals surface area contributed by atoms with Crippen molar-refractivity contribution in [2.45, 2.75) is 358 Å². The lowest BCUT2D eigenvalue weighted by Gasteiger charge is -2.40. The third-order valence-electron chi connectivity index (χ3n) is 16.2. The van der Waals surface area contributed by atoms with Gasteiger partial charge >= 0.3 is 0 Å². The number of nitrogens with one attached hydrogen (secondary N) is 1. The highest BCUT2D eigenvalue weighted by atomic mass is 16.7. The molecule has 7 unspecified atom stereocenters. The molecule has 1 fully saturated rings. The number of aliphatic hydroxyl groups is 5. The number of amides is 1. The molecule has 9 heteroatoms. The van der Waals surface area contributed by atoms with Crippen LogP contribution in [0.15, 0.2) is 85.1 Å². The summed E-state index contributed by atoms with van der Waals surface area (Å²) in [4.78, 5) is 13.1. The summed E-state index contributed by atoms with van der Waals surface area (Å²) in [6, 6.07) is -0.826. The molecule has 0 radical (unpaired) electrons. The normalized spacial score (nSPS) is 18.8. The Morgan fingerprint density at radius 1 is 0.427 bits per heavy atom. The molecule has 6 N–H and O–H groups in total. The van der Waals surface area contributed by atoms with Gasteiger partial charge in [0, 0.05) is 6.42 Å². The van der Waals surface area contributed by atoms with E-state index in [1.807, 2.05) is 6.08 Å². The second-order valence-corrected chi connectivity index (χ2v) is 23.9. The Kier molecular flexibility index (Phi) is 58.0. The van der Waals surface area contributed by atoms with Crippen molar-refractivity contribution in [3.63, 3.8) is 0 Å². The van der Waals surface area contributed by atoms with Crippen LogP contribution in [0.1, 0.15) is 316 Å². The topological polar surface area (TPSA) is 149 Å². The van der Waals surface area contributed by atoms with Crippen LogP contribution in [-0.2, 0) is 14.3 Å². The first-order valence-corrected chi connectivity index (χ1v) is 34.8. The summed E-state index contributed by atoms with van der Waals surface area (Å²) in [5.41, 5.74) is 0. The molecule has 1 heterocycles. The second-order valence-electron chi connectivity index (χ2n) is 23.9. The summed E-state index contributed by atoms with van der Waals surface area (Å²) in [7, 11) is 0. The zero-order chi connectivity index (χ0) is 59.3. The first-order chi connectivity index (χ1) is 40.3. The van der Waals surface area contributed by atoms with Gasteiger partial charge in [-0.2, -0.15) is 0 Å². The Hall–Kier alpha value is -2.63. The molecule has 0 aromatic carbocycles. The van der Waals surface area contributed by atoms with Gasteiger partial charge in [0.15, 0.2) is 6.29 Å². The van der Waals surface area contributed by atoms with Crippen molar-refractivity contribution in [3.8, 4) is 0 Å². The fourth-order valence-corrected chi connectivity index (χ4v) is 10.8. The Morgan fingerprint density at radius 2 is 0.768 bits per heavy atom. The van der Waals surface area contributed by atoms with Crippen LogP contribution in [0, 0.1) is 0 Å². The monoisotopic (exact) mass is 1150 g/mol. The van der Waals surface area contributed by atoms with Crippen LogP contribution in [0.4, 0.5) is 0 Å². The molecule has 7 atom stereocenters. The predicted molar refractivity (Wildman–Crippen MR) is 350 cm³/mol. The van der Waals surface area contributed by atoms with Crippen molar-refractivity contribution >= 4 is 5.91 Å². The molecule has 82 heavy (non-hydrogen) atoms. The smallest absolute Gasteiger partial charge is 0.220 e. The Balaban J connectivity index is 2.15. The molecule has 1 aliphatic rings. The van der Waals surface area contributed by atoms with Crippen LogP contribution in [0.2, 0.25) is 0 Å². The molecule has 1 saturated heterocycles. The summed E-state index contributed by atoms with van der Waals surface area (Å²) in [6.07, 6.45) is 81.2. The molecule has 476 valence electrons. The summed E-state index contributed by atoms with van der Waals surface area (Å²) in [6.45, 7) is 3.69. The number of aliphatic hydroxyl groups excluding tert-OH is 5. The fourth-order valence-electron chi connectivity index (χ4n) is 10.8. The minimum absolute atomic E-state index is 0.184. The number of rotatable bonds is 60. The van der Waals surface area contributed by atoms with Crippen LogP contribution >= 0.6 is 0 Å². The minimum Gasteiger partial charge on any atom is -0.394 e. The van der Waals surface area contributed by atoms with Crippen molar-refractivity contribution in [1.82, 2.24) is 5.32 Å². The van der Waals surface area contributed by atoms with Crippen molar-refractivity contribution in [1.29, 1.82) is 0 Å². The van der Waals surface area contributed by atoms with Crippen LogP contribution in [0.3, 0.4) is 0 Å². The molecule has 0 bridgehead atoms. The Labute approximate surface area is 505 Å². The Bertz CT molecular complexity index is 1570. The highest BCUT2D eigenvalue weighted by molar-refractivity contribution is 5.76. The van der Waals surface area contributed by atoms with Crippen molar-refractivity contribution in [2.75, 3.05) is 13.2 Å². The molecule has 0 aromatic heterocycles. The summed E-state index contributed by atoms with van der Waals surface area (Å²) in [5.74, 6) is -0.184. The number of carbonyl (C=O) groups excluding carboxylic acids is 1. The lowest BCUT2D eigenvalue weighted by Crippen LogP contribution is -2.60. The van der Waals surface area contributed by atoms with Gasteiger partial charge < -0.3 is 40.3 Å². The molecule has 9 nitrogen and oxygen atoms in total. The van der Waals surface area contributed by atoms with Gasteiger partial charge in [0.25, 0.3) is 0 Å². The van der Waals surface area contributed by atoms with Gasteiger partial charge in [0.1, 0.15) is 24.4 Å². The van der Waals surface area contributed by atoms with Crippen molar-refractivity contribution in [2.24, 2.45) is 0 Å². The van der Waals surface area contributed by atoms with Crippen molar-refractivity contribution in [3.05, 3.63) is 85.1 Å². The molecule has 0 spiro atoms. The maximum Gasteiger partial charge on any atom is 0.220 e. The number of unbranched alkanes of at least 4 members (excludes halogenated alkanes) is 38. The van der Waals surface area contributed by atoms with Gasteiger partial charge in [0.2, 0.25) is 5.91 Å². The third kappa shape index (κ3) is 49.6. The van der Waals surface area contributed by atoms with Crippen LogP contribution < -0.4 is 5.32 Å². The number of ether oxygens (including phenoxy) is 2. The van der Waals surface area contributed by atoms with E-state index in [4.69, 9.17) is 9.47 Å². The zero-order valence-corrected chi connectivity index (χ0v) is 53.2. The molecule has 1 rings (SSSR count). The lowest BCUT2D eigenvalue weighted by molar-refractivity contribution is -0.302. The molecule has 0 saturated carbocycles. The number of hydrogen-bond donors (Lipinski definition) is 6. The van der Waals surface area contributed by atoms with Gasteiger partial charge in [-0.05, 0) is 77.0 Å². The van der Waals surface area contributed by atoms with Crippen LogP contribution in [0.25, 0.3) is 0 Å². The number of allylic oxidation sites excluding steroid dienone is 13. The molecule has 0 aliphatic carbocycles. The van der Waals surface area contributed by atoms with E-state index in [0.717, 1.165) is 70.6 Å². The standard InChI is InChI=1S/C73H131NO8/c1-3-5-7-9-11-13-15-17-19-21-23-25-27-29-31-32-33-34-35-36-37-39-41-43-45-47-49-51-53-55-57-59-61-63-69(77)74-66(65-81-73-72(80)71(79)70(78)68(64-75)82-73)67(76)62-60-58-56-54-52-50-48-46-44-42-40-38-30-28-26-24-22-20-18-16-14-12-10-8-6-4-2/h5,7,11,13,17,19,23,25,29,31,52,54,60,62,66-68,70-73,75-76,78-80H,3-4,6,8-10,12,14-16,18,20-22,24,26-28,30,32-51,53,55-59,61,63-65H2,1-2H3,(H,74,77)/b7-5-,13-11-,19-17-,25-23-,31-29-,54-52+,62-60+. The summed E-state index contributed by atoms with van der Waals surface area (Å²) >= 11 is 0. The van der Waals surface area contributed by atoms with Crippen LogP contribution in [0.5, 0.6) is 0 Å². The highest BCUT2D eigenvalue weighted by Crippen LogP contribution is 2.23. The first-order valence-electron chi connectivity index (χ1n) is 34.8. The van der Waals surface area contributed by atoms with E-state index in [0.29, 0.717) is 6.42 Å². The first kappa shape index (κ1) is 77.4. The van der Waals surface area contributed by atoms with E-state index >= 15 is 0 Å². The molecule has 0 aromatic rings. The summed E-state index contributed by atoms with van der Waals surface area (Å²) < 4.78 is 11.3. The lowest BCUT2D eigenvalue weighted by atomic mass is 9.99. The molecular weight excluding hydrogens is 1020 g/mol. The predicted octanol–water partition coefficient (Wildman–Crippen LogP) is 18.9. The second kappa shape index (κ2) is 61.5. The van der Waals surface area contributed by atoms with E-state index in [1.165, 1.54) is 225 Å². The number of carbonyl (C=O) groups is 1.